The van der Waals surface area contributed by atoms with Crippen molar-refractivity contribution in [3.8, 4) is 0 Å². The maximum absolute atomic E-state index is 9.47. The van der Waals surface area contributed by atoms with E-state index in [1.807, 2.05) is 50.2 Å². The number of nitrogens with two attached hydrogens (primary N) is 1. The Morgan fingerprint density at radius 1 is 1.50 bits per heavy atom. The van der Waals surface area contributed by atoms with E-state index in [2.05, 4.69) is 0 Å². The molecular formula is C13H20N2OS2. The van der Waals surface area contributed by atoms with Crippen LogP contribution in [0.3, 0.4) is 0 Å². The number of aliphatic hydroxyl groups is 1. The fourth-order valence-electron chi connectivity index (χ4n) is 1.65. The van der Waals surface area contributed by atoms with Gasteiger partial charge < -0.3 is 15.7 Å². The van der Waals surface area contributed by atoms with Crippen molar-refractivity contribution >= 4 is 34.7 Å². The number of aliphatic hydroxyl groups excluding tert-OH is 1. The van der Waals surface area contributed by atoms with Crippen LogP contribution >= 0.6 is 24.0 Å². The van der Waals surface area contributed by atoms with Gasteiger partial charge in [-0.1, -0.05) is 18.3 Å². The molecular weight excluding hydrogens is 264 g/mol. The van der Waals surface area contributed by atoms with Crippen molar-refractivity contribution in [2.45, 2.75) is 24.3 Å². The van der Waals surface area contributed by atoms with Gasteiger partial charge in [0, 0.05) is 23.2 Å². The van der Waals surface area contributed by atoms with E-state index >= 15 is 0 Å². The first kappa shape index (κ1) is 15.3. The average Bonchev–Trinajstić information content (AvgIpc) is 2.36. The molecule has 0 saturated heterocycles. The molecule has 0 aliphatic rings. The summed E-state index contributed by atoms with van der Waals surface area (Å²) in [6.07, 6.45) is 2.00. The molecule has 0 aliphatic heterocycles. The third-order valence-corrected chi connectivity index (χ3v) is 4.11. The van der Waals surface area contributed by atoms with Crippen molar-refractivity contribution in [2.75, 3.05) is 24.8 Å². The van der Waals surface area contributed by atoms with E-state index in [1.165, 1.54) is 0 Å². The summed E-state index contributed by atoms with van der Waals surface area (Å²) in [5, 5.41) is 9.47. The van der Waals surface area contributed by atoms with Crippen LogP contribution in [0, 0.1) is 0 Å². The monoisotopic (exact) mass is 284 g/mol. The molecule has 0 fully saturated rings. The highest BCUT2D eigenvalue weighted by molar-refractivity contribution is 7.98. The minimum absolute atomic E-state index is 0.0593. The third-order valence-electron chi connectivity index (χ3n) is 3.13. The normalized spacial score (nSPS) is 11.4. The third kappa shape index (κ3) is 2.96. The molecule has 0 saturated carbocycles. The zero-order chi connectivity index (χ0) is 13.9. The molecule has 0 aromatic heterocycles. The van der Waals surface area contributed by atoms with Gasteiger partial charge in [-0.3, -0.25) is 0 Å². The van der Waals surface area contributed by atoms with Crippen LogP contribution in [0.25, 0.3) is 0 Å². The lowest BCUT2D eigenvalue weighted by Crippen LogP contribution is -2.45. The minimum Gasteiger partial charge on any atom is -0.394 e. The van der Waals surface area contributed by atoms with Crippen LogP contribution in [0.1, 0.15) is 19.4 Å². The van der Waals surface area contributed by atoms with Gasteiger partial charge in [-0.2, -0.15) is 0 Å². The maximum Gasteiger partial charge on any atom is 0.107 e. The predicted octanol–water partition coefficient (Wildman–Crippen LogP) is 2.25. The first-order valence-corrected chi connectivity index (χ1v) is 7.30. The Labute approximate surface area is 118 Å². The van der Waals surface area contributed by atoms with E-state index in [1.54, 1.807) is 11.8 Å². The number of hydrogen-bond donors (Lipinski definition) is 2. The molecule has 3 N–H and O–H groups in total. The van der Waals surface area contributed by atoms with E-state index in [-0.39, 0.29) is 12.1 Å². The van der Waals surface area contributed by atoms with E-state index in [9.17, 15) is 5.11 Å². The van der Waals surface area contributed by atoms with Gasteiger partial charge in [0.2, 0.25) is 0 Å². The lowest BCUT2D eigenvalue weighted by Gasteiger charge is -2.37. The Morgan fingerprint density at radius 2 is 2.11 bits per heavy atom. The van der Waals surface area contributed by atoms with Crippen LogP contribution in [0.5, 0.6) is 0 Å². The summed E-state index contributed by atoms with van der Waals surface area (Å²) in [5.74, 6) is 0. The minimum atomic E-state index is -0.365. The molecule has 1 rings (SSSR count). The van der Waals surface area contributed by atoms with Crippen LogP contribution in [0.15, 0.2) is 23.1 Å². The van der Waals surface area contributed by atoms with Gasteiger partial charge in [0.25, 0.3) is 0 Å². The molecule has 100 valence electrons. The van der Waals surface area contributed by atoms with Gasteiger partial charge in [-0.05, 0) is 32.2 Å². The summed E-state index contributed by atoms with van der Waals surface area (Å²) in [7, 11) is 1.94. The summed E-state index contributed by atoms with van der Waals surface area (Å²) >= 11 is 6.77. The quantitative estimate of drug-likeness (QED) is 0.641. The molecule has 0 heterocycles. The lowest BCUT2D eigenvalue weighted by atomic mass is 10.0. The zero-order valence-corrected chi connectivity index (χ0v) is 12.9. The van der Waals surface area contributed by atoms with Crippen molar-refractivity contribution in [1.82, 2.24) is 0 Å². The van der Waals surface area contributed by atoms with Crippen molar-refractivity contribution in [3.05, 3.63) is 23.8 Å². The molecule has 3 nitrogen and oxygen atoms in total. The number of thiocarbonyl (C=S) groups is 1. The summed E-state index contributed by atoms with van der Waals surface area (Å²) < 4.78 is 0. The molecule has 0 spiro atoms. The van der Waals surface area contributed by atoms with Crippen molar-refractivity contribution in [3.63, 3.8) is 0 Å². The topological polar surface area (TPSA) is 49.5 Å². The summed E-state index contributed by atoms with van der Waals surface area (Å²) in [6.45, 7) is 4.01. The standard InChI is InChI=1S/C13H20N2OS2/c1-13(2,8-16)15(3)9-6-5-7-10(18-4)11(9)12(14)17/h5-7,16H,8H2,1-4H3,(H2,14,17). The van der Waals surface area contributed by atoms with Crippen molar-refractivity contribution < 1.29 is 5.11 Å². The molecule has 0 bridgehead atoms. The largest absolute Gasteiger partial charge is 0.394 e. The highest BCUT2D eigenvalue weighted by atomic mass is 32.2. The molecule has 0 atom stereocenters. The summed E-state index contributed by atoms with van der Waals surface area (Å²) in [5.41, 5.74) is 7.31. The van der Waals surface area contributed by atoms with E-state index in [0.29, 0.717) is 4.99 Å². The van der Waals surface area contributed by atoms with Gasteiger partial charge in [-0.25, -0.2) is 0 Å². The van der Waals surface area contributed by atoms with E-state index in [4.69, 9.17) is 18.0 Å². The van der Waals surface area contributed by atoms with E-state index < -0.39 is 0 Å². The molecule has 0 radical (unpaired) electrons. The molecule has 0 aliphatic carbocycles. The lowest BCUT2D eigenvalue weighted by molar-refractivity contribution is 0.216. The predicted molar refractivity (Wildman–Crippen MR) is 83.7 cm³/mol. The molecule has 5 heteroatoms. The maximum atomic E-state index is 9.47. The Morgan fingerprint density at radius 3 is 2.56 bits per heavy atom. The molecule has 18 heavy (non-hydrogen) atoms. The highest BCUT2D eigenvalue weighted by Crippen LogP contribution is 2.32. The number of nitrogens with zero attached hydrogens (tertiary/aromatic N) is 1. The summed E-state index contributed by atoms with van der Waals surface area (Å²) in [4.78, 5) is 3.46. The fourth-order valence-corrected chi connectivity index (χ4v) is 2.56. The van der Waals surface area contributed by atoms with Gasteiger partial charge >= 0.3 is 0 Å². The smallest absolute Gasteiger partial charge is 0.107 e. The van der Waals surface area contributed by atoms with Crippen LogP contribution in [-0.4, -0.2) is 35.5 Å². The number of hydrogen-bond acceptors (Lipinski definition) is 4. The number of likely N-dealkylation sites (N-methyl/N-ethyl adjacent to an activating group) is 1. The Balaban J connectivity index is 3.36. The van der Waals surface area contributed by atoms with E-state index in [0.717, 1.165) is 16.1 Å². The van der Waals surface area contributed by atoms with Crippen molar-refractivity contribution in [2.24, 2.45) is 5.73 Å². The number of benzene rings is 1. The second-order valence-electron chi connectivity index (χ2n) is 4.75. The first-order chi connectivity index (χ1) is 8.35. The highest BCUT2D eigenvalue weighted by Gasteiger charge is 2.25. The molecule has 1 aromatic rings. The van der Waals surface area contributed by atoms with Gasteiger partial charge in [0.1, 0.15) is 4.99 Å². The second kappa shape index (κ2) is 5.91. The number of rotatable bonds is 5. The van der Waals surface area contributed by atoms with Crippen LogP contribution < -0.4 is 10.6 Å². The zero-order valence-electron chi connectivity index (χ0n) is 11.2. The first-order valence-electron chi connectivity index (χ1n) is 5.66. The molecule has 0 unspecified atom stereocenters. The molecule has 1 aromatic carbocycles. The van der Waals surface area contributed by atoms with Gasteiger partial charge in [0.15, 0.2) is 0 Å². The number of anilines is 1. The number of thioether (sulfide) groups is 1. The average molecular weight is 284 g/mol. The summed E-state index contributed by atoms with van der Waals surface area (Å²) in [6, 6.07) is 5.96. The SMILES string of the molecule is CSc1cccc(N(C)C(C)(C)CO)c1C(N)=S. The fraction of sp³-hybridized carbons (Fsp3) is 0.462. The van der Waals surface area contributed by atoms with Crippen LogP contribution in [0.4, 0.5) is 5.69 Å². The Bertz CT molecular complexity index is 447. The van der Waals surface area contributed by atoms with Gasteiger partial charge in [0.05, 0.1) is 12.1 Å². The second-order valence-corrected chi connectivity index (χ2v) is 6.04. The van der Waals surface area contributed by atoms with Gasteiger partial charge in [-0.15, -0.1) is 11.8 Å². The molecule has 0 amide bonds. The van der Waals surface area contributed by atoms with Crippen LogP contribution in [0.2, 0.25) is 0 Å². The Hall–Kier alpha value is -0.780. The van der Waals surface area contributed by atoms with Crippen molar-refractivity contribution in [1.29, 1.82) is 0 Å². The Kier molecular flexibility index (Phi) is 5.01. The van der Waals surface area contributed by atoms with Crippen LogP contribution in [-0.2, 0) is 0 Å².